The van der Waals surface area contributed by atoms with Crippen molar-refractivity contribution >= 4 is 33.0 Å². The molecule has 0 saturated carbocycles. The van der Waals surface area contributed by atoms with Gasteiger partial charge < -0.3 is 5.32 Å². The van der Waals surface area contributed by atoms with Crippen LogP contribution in [0.5, 0.6) is 0 Å². The Bertz CT molecular complexity index is 676. The van der Waals surface area contributed by atoms with Gasteiger partial charge in [-0.25, -0.2) is 9.67 Å². The average molecular weight is 349 g/mol. The Hall–Kier alpha value is -1.66. The molecular weight excluding hydrogens is 336 g/mol. The Kier molecular flexibility index (Phi) is 3.84. The van der Waals surface area contributed by atoms with Gasteiger partial charge in [0.05, 0.1) is 11.7 Å². The summed E-state index contributed by atoms with van der Waals surface area (Å²) in [5.74, 6) is 0. The molecule has 0 aliphatic rings. The number of nitrogens with one attached hydrogen (secondary N) is 1. The smallest absolute Gasteiger partial charge is 0.138 e. The number of benzene rings is 1. The van der Waals surface area contributed by atoms with E-state index in [1.807, 2.05) is 12.1 Å². The van der Waals surface area contributed by atoms with Crippen molar-refractivity contribution in [2.24, 2.45) is 0 Å². The van der Waals surface area contributed by atoms with E-state index < -0.39 is 0 Å². The normalized spacial score (nSPS) is 12.3. The fourth-order valence-electron chi connectivity index (χ4n) is 1.93. The molecule has 4 nitrogen and oxygen atoms in total. The van der Waals surface area contributed by atoms with Crippen LogP contribution in [0.25, 0.3) is 5.69 Å². The predicted molar refractivity (Wildman–Crippen MR) is 85.4 cm³/mol. The average Bonchev–Trinajstić information content (AvgIpc) is 3.10. The summed E-state index contributed by atoms with van der Waals surface area (Å²) in [4.78, 5) is 5.25. The lowest BCUT2D eigenvalue weighted by Crippen LogP contribution is -2.05. The third-order valence-electron chi connectivity index (χ3n) is 2.95. The zero-order valence-corrected chi connectivity index (χ0v) is 13.2. The minimum absolute atomic E-state index is 0.281. The first-order valence-electron chi connectivity index (χ1n) is 6.18. The van der Waals surface area contributed by atoms with E-state index in [1.54, 1.807) is 22.3 Å². The Morgan fingerprint density at radius 3 is 2.70 bits per heavy atom. The van der Waals surface area contributed by atoms with Gasteiger partial charge in [-0.1, -0.05) is 0 Å². The second-order valence-corrected chi connectivity index (χ2v) is 6.28. The third kappa shape index (κ3) is 2.91. The van der Waals surface area contributed by atoms with Crippen molar-refractivity contribution in [3.05, 3.63) is 57.7 Å². The van der Waals surface area contributed by atoms with E-state index in [-0.39, 0.29) is 6.04 Å². The lowest BCUT2D eigenvalue weighted by molar-refractivity contribution is 0.876. The number of thiophene rings is 1. The molecule has 6 heteroatoms. The molecule has 0 aliphatic carbocycles. The van der Waals surface area contributed by atoms with E-state index in [4.69, 9.17) is 0 Å². The molecule has 1 atom stereocenters. The van der Waals surface area contributed by atoms with Gasteiger partial charge in [0.1, 0.15) is 12.7 Å². The van der Waals surface area contributed by atoms with Gasteiger partial charge in [-0.15, -0.1) is 11.3 Å². The highest BCUT2D eigenvalue weighted by Gasteiger charge is 2.08. The maximum atomic E-state index is 4.11. The van der Waals surface area contributed by atoms with Crippen molar-refractivity contribution in [3.8, 4) is 5.69 Å². The van der Waals surface area contributed by atoms with E-state index in [0.29, 0.717) is 0 Å². The fourth-order valence-corrected chi connectivity index (χ4v) is 3.38. The maximum absolute atomic E-state index is 4.11. The van der Waals surface area contributed by atoms with E-state index in [9.17, 15) is 0 Å². The zero-order chi connectivity index (χ0) is 13.9. The Morgan fingerprint density at radius 2 is 2.10 bits per heavy atom. The Labute approximate surface area is 129 Å². The molecule has 20 heavy (non-hydrogen) atoms. The second kappa shape index (κ2) is 5.76. The van der Waals surface area contributed by atoms with Gasteiger partial charge in [-0.2, -0.15) is 5.10 Å². The molecule has 1 unspecified atom stereocenters. The van der Waals surface area contributed by atoms with E-state index in [2.05, 4.69) is 61.8 Å². The summed E-state index contributed by atoms with van der Waals surface area (Å²) in [6, 6.07) is 10.6. The molecule has 0 aliphatic heterocycles. The molecule has 1 aromatic carbocycles. The highest BCUT2D eigenvalue weighted by Crippen LogP contribution is 2.28. The summed E-state index contributed by atoms with van der Waals surface area (Å²) in [6.45, 7) is 2.16. The molecule has 0 saturated heterocycles. The molecule has 0 radical (unpaired) electrons. The minimum atomic E-state index is 0.281. The number of hydrogen-bond donors (Lipinski definition) is 1. The van der Waals surface area contributed by atoms with Crippen molar-refractivity contribution in [1.82, 2.24) is 14.8 Å². The fraction of sp³-hybridized carbons (Fsp3) is 0.143. The summed E-state index contributed by atoms with van der Waals surface area (Å²) in [5, 5.41) is 9.70. The van der Waals surface area contributed by atoms with E-state index in [1.165, 1.54) is 11.2 Å². The van der Waals surface area contributed by atoms with Gasteiger partial charge >= 0.3 is 0 Å². The first-order chi connectivity index (χ1) is 9.72. The van der Waals surface area contributed by atoms with Crippen LogP contribution in [0.3, 0.4) is 0 Å². The van der Waals surface area contributed by atoms with E-state index >= 15 is 0 Å². The molecule has 2 heterocycles. The zero-order valence-electron chi connectivity index (χ0n) is 10.8. The summed E-state index contributed by atoms with van der Waals surface area (Å²) in [6.07, 6.45) is 3.22. The van der Waals surface area contributed by atoms with Gasteiger partial charge in [0.15, 0.2) is 0 Å². The topological polar surface area (TPSA) is 42.7 Å². The summed E-state index contributed by atoms with van der Waals surface area (Å²) in [5.41, 5.74) is 2.09. The maximum Gasteiger partial charge on any atom is 0.138 e. The van der Waals surface area contributed by atoms with Crippen LogP contribution in [-0.4, -0.2) is 14.8 Å². The highest BCUT2D eigenvalue weighted by molar-refractivity contribution is 9.10. The van der Waals surface area contributed by atoms with Gasteiger partial charge in [-0.05, 0) is 53.2 Å². The van der Waals surface area contributed by atoms with Crippen LogP contribution in [0, 0.1) is 0 Å². The standard InChI is InChI=1S/C14H13BrN4S/c1-10(14-6-11(15)7-20-14)18-12-2-4-13(5-3-12)19-9-16-8-17-19/h2-10,18H,1H3. The third-order valence-corrected chi connectivity index (χ3v) is 4.82. The van der Waals surface area contributed by atoms with Crippen molar-refractivity contribution in [1.29, 1.82) is 0 Å². The number of nitrogens with zero attached hydrogens (tertiary/aromatic N) is 3. The van der Waals surface area contributed by atoms with Gasteiger partial charge in [0.2, 0.25) is 0 Å². The van der Waals surface area contributed by atoms with Crippen molar-refractivity contribution in [2.75, 3.05) is 5.32 Å². The number of aromatic nitrogens is 3. The van der Waals surface area contributed by atoms with Gasteiger partial charge in [0, 0.05) is 20.4 Å². The molecule has 0 bridgehead atoms. The van der Waals surface area contributed by atoms with E-state index in [0.717, 1.165) is 15.8 Å². The Morgan fingerprint density at radius 1 is 1.30 bits per heavy atom. The van der Waals surface area contributed by atoms with Crippen LogP contribution in [-0.2, 0) is 0 Å². The first kappa shape index (κ1) is 13.3. The number of anilines is 1. The molecule has 102 valence electrons. The summed E-state index contributed by atoms with van der Waals surface area (Å²) < 4.78 is 2.87. The lowest BCUT2D eigenvalue weighted by atomic mass is 10.2. The van der Waals surface area contributed by atoms with Crippen molar-refractivity contribution in [2.45, 2.75) is 13.0 Å². The van der Waals surface area contributed by atoms with Crippen LogP contribution in [0.4, 0.5) is 5.69 Å². The molecule has 2 aromatic heterocycles. The van der Waals surface area contributed by atoms with Crippen LogP contribution in [0.15, 0.2) is 52.8 Å². The minimum Gasteiger partial charge on any atom is -0.378 e. The van der Waals surface area contributed by atoms with Crippen molar-refractivity contribution < 1.29 is 0 Å². The van der Waals surface area contributed by atoms with Crippen LogP contribution >= 0.6 is 27.3 Å². The highest BCUT2D eigenvalue weighted by atomic mass is 79.9. The molecule has 0 fully saturated rings. The SMILES string of the molecule is CC(Nc1ccc(-n2cncn2)cc1)c1cc(Br)cs1. The quantitative estimate of drug-likeness (QED) is 0.765. The molecule has 0 amide bonds. The monoisotopic (exact) mass is 348 g/mol. The number of rotatable bonds is 4. The van der Waals surface area contributed by atoms with Crippen LogP contribution in [0.2, 0.25) is 0 Å². The number of halogens is 1. The van der Waals surface area contributed by atoms with Gasteiger partial charge in [0.25, 0.3) is 0 Å². The second-order valence-electron chi connectivity index (χ2n) is 4.42. The summed E-state index contributed by atoms with van der Waals surface area (Å²) >= 11 is 5.23. The Balaban J connectivity index is 1.72. The van der Waals surface area contributed by atoms with Crippen LogP contribution < -0.4 is 5.32 Å². The van der Waals surface area contributed by atoms with Gasteiger partial charge in [-0.3, -0.25) is 0 Å². The van der Waals surface area contributed by atoms with Crippen LogP contribution in [0.1, 0.15) is 17.8 Å². The molecule has 0 spiro atoms. The molecule has 3 aromatic rings. The first-order valence-corrected chi connectivity index (χ1v) is 7.85. The molecule has 1 N–H and O–H groups in total. The lowest BCUT2D eigenvalue weighted by Gasteiger charge is -2.14. The predicted octanol–water partition coefficient (Wildman–Crippen LogP) is 4.26. The number of hydrogen-bond acceptors (Lipinski definition) is 4. The summed E-state index contributed by atoms with van der Waals surface area (Å²) in [7, 11) is 0. The molecular formula is C14H13BrN4S. The largest absolute Gasteiger partial charge is 0.378 e. The molecule has 3 rings (SSSR count). The van der Waals surface area contributed by atoms with Crippen molar-refractivity contribution in [3.63, 3.8) is 0 Å².